The van der Waals surface area contributed by atoms with Crippen LogP contribution in [-0.2, 0) is 10.0 Å². The molecule has 0 saturated carbocycles. The molecule has 1 fully saturated rings. The van der Waals surface area contributed by atoms with Gasteiger partial charge in [-0.15, -0.1) is 0 Å². The van der Waals surface area contributed by atoms with Crippen LogP contribution >= 0.6 is 11.6 Å². The molecular weight excluding hydrogens is 390 g/mol. The van der Waals surface area contributed by atoms with Gasteiger partial charge in [-0.05, 0) is 42.3 Å². The highest BCUT2D eigenvalue weighted by Gasteiger charge is 2.54. The van der Waals surface area contributed by atoms with Gasteiger partial charge in [-0.2, -0.15) is 4.31 Å². The van der Waals surface area contributed by atoms with Crippen LogP contribution in [0.3, 0.4) is 0 Å². The predicted octanol–water partition coefficient (Wildman–Crippen LogP) is 5.48. The molecule has 0 bridgehead atoms. The van der Waals surface area contributed by atoms with Crippen LogP contribution < -0.4 is 0 Å². The van der Waals surface area contributed by atoms with E-state index in [1.165, 1.54) is 0 Å². The Labute approximate surface area is 170 Å². The van der Waals surface area contributed by atoms with Crippen molar-refractivity contribution in [1.82, 2.24) is 4.31 Å². The molecule has 28 heavy (non-hydrogen) atoms. The minimum atomic E-state index is -3.59. The summed E-state index contributed by atoms with van der Waals surface area (Å²) in [6, 6.07) is 23.8. The highest BCUT2D eigenvalue weighted by molar-refractivity contribution is 7.89. The molecule has 1 saturated heterocycles. The Morgan fingerprint density at radius 2 is 1.54 bits per heavy atom. The molecule has 5 heteroatoms. The van der Waals surface area contributed by atoms with E-state index >= 15 is 0 Å². The molecular formula is C23H20ClNO2S. The van der Waals surface area contributed by atoms with Gasteiger partial charge in [-0.1, -0.05) is 83.9 Å². The van der Waals surface area contributed by atoms with Gasteiger partial charge >= 0.3 is 0 Å². The van der Waals surface area contributed by atoms with Crippen molar-refractivity contribution in [2.45, 2.75) is 23.9 Å². The van der Waals surface area contributed by atoms with E-state index in [-0.39, 0.29) is 12.1 Å². The van der Waals surface area contributed by atoms with Crippen LogP contribution in [0.5, 0.6) is 0 Å². The maximum atomic E-state index is 13.2. The second-order valence-electron chi connectivity index (χ2n) is 6.90. The van der Waals surface area contributed by atoms with Crippen LogP contribution in [0.25, 0.3) is 6.08 Å². The van der Waals surface area contributed by atoms with E-state index in [0.29, 0.717) is 9.92 Å². The molecule has 0 aliphatic carbocycles. The summed E-state index contributed by atoms with van der Waals surface area (Å²) < 4.78 is 28.0. The fourth-order valence-corrected chi connectivity index (χ4v) is 5.18. The fraction of sp³-hybridized carbons (Fsp3) is 0.130. The Hall–Kier alpha value is -2.40. The SMILES string of the molecule is Cc1ccc(S(=O)(=O)N2[C@H](/C=C/c3ccccc3)[C@@H]2c2ccc(Cl)cc2)cc1. The number of rotatable bonds is 5. The van der Waals surface area contributed by atoms with Gasteiger partial charge < -0.3 is 0 Å². The number of sulfonamides is 1. The van der Waals surface area contributed by atoms with E-state index in [9.17, 15) is 8.42 Å². The van der Waals surface area contributed by atoms with Crippen molar-refractivity contribution in [3.8, 4) is 0 Å². The molecule has 3 aromatic rings. The molecule has 3 aromatic carbocycles. The van der Waals surface area contributed by atoms with Crippen molar-refractivity contribution in [1.29, 1.82) is 0 Å². The summed E-state index contributed by atoms with van der Waals surface area (Å²) in [5.74, 6) is 0. The van der Waals surface area contributed by atoms with Crippen LogP contribution in [0.15, 0.2) is 89.8 Å². The first-order chi connectivity index (χ1) is 13.5. The lowest BCUT2D eigenvalue weighted by molar-refractivity contribution is 0.550. The monoisotopic (exact) mass is 409 g/mol. The molecule has 4 rings (SSSR count). The third kappa shape index (κ3) is 3.76. The molecule has 3 nitrogen and oxygen atoms in total. The summed E-state index contributed by atoms with van der Waals surface area (Å²) in [6.45, 7) is 1.94. The molecule has 142 valence electrons. The summed E-state index contributed by atoms with van der Waals surface area (Å²) in [4.78, 5) is 0.313. The second kappa shape index (κ2) is 7.55. The van der Waals surface area contributed by atoms with Crippen LogP contribution in [0.1, 0.15) is 22.7 Å². The van der Waals surface area contributed by atoms with E-state index in [0.717, 1.165) is 16.7 Å². The van der Waals surface area contributed by atoms with Crippen LogP contribution in [0, 0.1) is 6.92 Å². The number of nitrogens with zero attached hydrogens (tertiary/aromatic N) is 1. The highest BCUT2D eigenvalue weighted by atomic mass is 35.5. The van der Waals surface area contributed by atoms with Crippen molar-refractivity contribution >= 4 is 27.7 Å². The van der Waals surface area contributed by atoms with Gasteiger partial charge in [0.05, 0.1) is 17.0 Å². The number of hydrogen-bond acceptors (Lipinski definition) is 2. The number of halogens is 1. The fourth-order valence-electron chi connectivity index (χ4n) is 3.34. The van der Waals surface area contributed by atoms with E-state index < -0.39 is 10.0 Å². The minimum absolute atomic E-state index is 0.229. The van der Waals surface area contributed by atoms with Crippen molar-refractivity contribution in [3.05, 3.63) is 107 Å². The van der Waals surface area contributed by atoms with Gasteiger partial charge in [0.1, 0.15) is 0 Å². The van der Waals surface area contributed by atoms with Crippen LogP contribution in [0.4, 0.5) is 0 Å². The lowest BCUT2D eigenvalue weighted by Gasteiger charge is -2.07. The maximum absolute atomic E-state index is 13.2. The molecule has 0 spiro atoms. The summed E-state index contributed by atoms with van der Waals surface area (Å²) in [5, 5.41) is 0.633. The Bertz CT molecular complexity index is 1090. The number of aryl methyl sites for hydroxylation is 1. The molecule has 0 N–H and O–H groups in total. The topological polar surface area (TPSA) is 37.1 Å². The predicted molar refractivity (Wildman–Crippen MR) is 114 cm³/mol. The Morgan fingerprint density at radius 3 is 2.18 bits per heavy atom. The van der Waals surface area contributed by atoms with E-state index in [1.807, 2.05) is 73.7 Å². The molecule has 1 unspecified atom stereocenters. The van der Waals surface area contributed by atoms with E-state index in [1.54, 1.807) is 28.6 Å². The molecule has 0 radical (unpaired) electrons. The van der Waals surface area contributed by atoms with Gasteiger partial charge in [0.15, 0.2) is 0 Å². The Morgan fingerprint density at radius 1 is 0.893 bits per heavy atom. The first-order valence-electron chi connectivity index (χ1n) is 9.06. The van der Waals surface area contributed by atoms with Crippen LogP contribution in [-0.4, -0.2) is 18.8 Å². The first-order valence-corrected chi connectivity index (χ1v) is 10.9. The second-order valence-corrected chi connectivity index (χ2v) is 9.18. The molecule has 0 amide bonds. The number of benzene rings is 3. The zero-order chi connectivity index (χ0) is 19.7. The summed E-state index contributed by atoms with van der Waals surface area (Å²) in [5.41, 5.74) is 3.00. The highest BCUT2D eigenvalue weighted by Crippen LogP contribution is 2.48. The lowest BCUT2D eigenvalue weighted by Crippen LogP contribution is -2.14. The first kappa shape index (κ1) is 18.9. The summed E-state index contributed by atoms with van der Waals surface area (Å²) >= 11 is 6.01. The van der Waals surface area contributed by atoms with Crippen molar-refractivity contribution in [2.75, 3.05) is 0 Å². The average Bonchev–Trinajstić information content (AvgIpc) is 3.43. The lowest BCUT2D eigenvalue weighted by atomic mass is 10.1. The summed E-state index contributed by atoms with van der Waals surface area (Å²) in [7, 11) is -3.59. The zero-order valence-corrected chi connectivity index (χ0v) is 16.9. The standard InChI is InChI=1S/C23H20ClNO2S/c1-17-7-14-21(15-8-17)28(26,27)25-22(16-9-18-5-3-2-4-6-18)23(25)19-10-12-20(24)13-11-19/h2-16,22-23H,1H3/b16-9+/t22-,23+,25?/m1/s1. The molecule has 1 aliphatic rings. The number of hydrogen-bond donors (Lipinski definition) is 0. The smallest absolute Gasteiger partial charge is 0.207 e. The Kier molecular flexibility index (Phi) is 5.11. The molecule has 1 heterocycles. The Balaban J connectivity index is 1.68. The molecule has 3 atom stereocenters. The van der Waals surface area contributed by atoms with Gasteiger partial charge in [0.25, 0.3) is 0 Å². The van der Waals surface area contributed by atoms with E-state index in [4.69, 9.17) is 11.6 Å². The summed E-state index contributed by atoms with van der Waals surface area (Å²) in [6.07, 6.45) is 3.93. The van der Waals surface area contributed by atoms with Crippen molar-refractivity contribution in [2.24, 2.45) is 0 Å². The van der Waals surface area contributed by atoms with Crippen LogP contribution in [0.2, 0.25) is 5.02 Å². The van der Waals surface area contributed by atoms with E-state index in [2.05, 4.69) is 0 Å². The maximum Gasteiger partial charge on any atom is 0.244 e. The van der Waals surface area contributed by atoms with Gasteiger partial charge in [-0.3, -0.25) is 0 Å². The average molecular weight is 410 g/mol. The van der Waals surface area contributed by atoms with Gasteiger partial charge in [0.2, 0.25) is 10.0 Å². The largest absolute Gasteiger partial charge is 0.244 e. The zero-order valence-electron chi connectivity index (χ0n) is 15.4. The molecule has 1 aliphatic heterocycles. The third-order valence-electron chi connectivity index (χ3n) is 4.90. The van der Waals surface area contributed by atoms with Gasteiger partial charge in [-0.25, -0.2) is 8.42 Å². The van der Waals surface area contributed by atoms with Crippen molar-refractivity contribution < 1.29 is 8.42 Å². The normalized spacial score (nSPS) is 21.7. The molecule has 0 aromatic heterocycles. The van der Waals surface area contributed by atoms with Gasteiger partial charge in [0, 0.05) is 5.02 Å². The quantitative estimate of drug-likeness (QED) is 0.523. The third-order valence-corrected chi connectivity index (χ3v) is 7.04. The van der Waals surface area contributed by atoms with Crippen molar-refractivity contribution in [3.63, 3.8) is 0 Å². The minimum Gasteiger partial charge on any atom is -0.207 e.